The normalized spacial score (nSPS) is 11.1. The average molecular weight is 557 g/mol. The predicted octanol–water partition coefficient (Wildman–Crippen LogP) is 9.40. The molecule has 0 amide bonds. The highest BCUT2D eigenvalue weighted by atomic mass is 31.1. The number of benzene rings is 5. The smallest absolute Gasteiger partial charge is 0.0469 e. The summed E-state index contributed by atoms with van der Waals surface area (Å²) in [6.07, 6.45) is 0. The maximum atomic E-state index is 3.89. The van der Waals surface area contributed by atoms with Crippen LogP contribution in [0.1, 0.15) is 44.5 Å². The maximum absolute atomic E-state index is 3.89. The van der Waals surface area contributed by atoms with Crippen LogP contribution in [0.15, 0.2) is 91.0 Å². The lowest BCUT2D eigenvalue weighted by Gasteiger charge is -2.27. The zero-order valence-corrected chi connectivity index (χ0v) is 26.5. The van der Waals surface area contributed by atoms with Crippen molar-refractivity contribution in [2.75, 3.05) is 10.6 Å². The Balaban J connectivity index is 1.72. The Morgan fingerprint density at radius 1 is 0.415 bits per heavy atom. The van der Waals surface area contributed by atoms with Crippen molar-refractivity contribution < 1.29 is 0 Å². The van der Waals surface area contributed by atoms with Crippen LogP contribution < -0.4 is 26.5 Å². The van der Waals surface area contributed by atoms with Crippen molar-refractivity contribution in [1.82, 2.24) is 0 Å². The quantitative estimate of drug-likeness (QED) is 0.195. The van der Waals surface area contributed by atoms with E-state index in [-0.39, 0.29) is 0 Å². The summed E-state index contributed by atoms with van der Waals surface area (Å²) < 4.78 is 0. The fourth-order valence-corrected chi connectivity index (χ4v) is 8.57. The molecule has 0 aliphatic rings. The molecule has 41 heavy (non-hydrogen) atoms. The van der Waals surface area contributed by atoms with Crippen LogP contribution >= 0.6 is 7.92 Å². The van der Waals surface area contributed by atoms with Gasteiger partial charge in [0.25, 0.3) is 0 Å². The highest BCUT2D eigenvalue weighted by molar-refractivity contribution is 7.80. The highest BCUT2D eigenvalue weighted by Gasteiger charge is 2.24. The molecule has 0 unspecified atom stereocenters. The van der Waals surface area contributed by atoms with Gasteiger partial charge in [-0.25, -0.2) is 0 Å². The van der Waals surface area contributed by atoms with Crippen molar-refractivity contribution in [3.05, 3.63) is 136 Å². The summed E-state index contributed by atoms with van der Waals surface area (Å²) in [7, 11) is -0.888. The van der Waals surface area contributed by atoms with E-state index in [0.29, 0.717) is 0 Å². The topological polar surface area (TPSA) is 24.1 Å². The molecular formula is C38H41N2P. The molecule has 0 aliphatic carbocycles. The van der Waals surface area contributed by atoms with Gasteiger partial charge < -0.3 is 10.6 Å². The second kappa shape index (κ2) is 11.9. The van der Waals surface area contributed by atoms with Crippen LogP contribution in [-0.2, 0) is 0 Å². The van der Waals surface area contributed by atoms with Crippen LogP contribution in [0.5, 0.6) is 0 Å². The van der Waals surface area contributed by atoms with E-state index in [1.165, 1.54) is 71.8 Å². The Hall–Kier alpha value is -3.87. The molecule has 3 heteroatoms. The standard InChI is InChI=1S/C38H41N2P/c1-24-14-16-33(39-37-28(5)18-26(3)19-29(37)6)35(22-24)41(32-12-10-9-11-13-32)36-23-25(2)15-17-34(36)40-38-30(7)20-27(4)21-31(38)8/h9-23,39-40H,1-8H3. The Morgan fingerprint density at radius 2 is 0.805 bits per heavy atom. The van der Waals surface area contributed by atoms with Gasteiger partial charge in [-0.2, -0.15) is 0 Å². The molecule has 0 heterocycles. The summed E-state index contributed by atoms with van der Waals surface area (Å²) in [6.45, 7) is 17.5. The second-order valence-corrected chi connectivity index (χ2v) is 13.7. The highest BCUT2D eigenvalue weighted by Crippen LogP contribution is 2.41. The second-order valence-electron chi connectivity index (χ2n) is 11.5. The molecule has 5 aromatic rings. The van der Waals surface area contributed by atoms with E-state index in [0.717, 1.165) is 11.4 Å². The lowest BCUT2D eigenvalue weighted by atomic mass is 10.0. The fraction of sp³-hybridized carbons (Fsp3) is 0.211. The monoisotopic (exact) mass is 556 g/mol. The van der Waals surface area contributed by atoms with Crippen molar-refractivity contribution in [3.8, 4) is 0 Å². The Morgan fingerprint density at radius 3 is 1.20 bits per heavy atom. The van der Waals surface area contributed by atoms with E-state index in [1.54, 1.807) is 0 Å². The van der Waals surface area contributed by atoms with Gasteiger partial charge in [-0.15, -0.1) is 0 Å². The first-order valence-corrected chi connectivity index (χ1v) is 15.7. The fourth-order valence-electron chi connectivity index (χ4n) is 5.87. The number of aryl methyl sites for hydroxylation is 8. The lowest BCUT2D eigenvalue weighted by Crippen LogP contribution is -2.25. The van der Waals surface area contributed by atoms with Gasteiger partial charge in [0.05, 0.1) is 0 Å². The molecule has 208 valence electrons. The van der Waals surface area contributed by atoms with Crippen LogP contribution in [0.3, 0.4) is 0 Å². The van der Waals surface area contributed by atoms with Gasteiger partial charge in [-0.3, -0.25) is 0 Å². The molecule has 0 fully saturated rings. The van der Waals surface area contributed by atoms with Crippen molar-refractivity contribution in [3.63, 3.8) is 0 Å². The largest absolute Gasteiger partial charge is 0.355 e. The van der Waals surface area contributed by atoms with Gasteiger partial charge in [0.2, 0.25) is 0 Å². The molecule has 0 aliphatic heterocycles. The Kier molecular flexibility index (Phi) is 8.34. The van der Waals surface area contributed by atoms with E-state index in [4.69, 9.17) is 0 Å². The summed E-state index contributed by atoms with van der Waals surface area (Å²) in [5, 5.41) is 11.8. The SMILES string of the molecule is Cc1cc(C)c(Nc2ccc(C)cc2P(c2ccccc2)c2cc(C)ccc2Nc2c(C)cc(C)cc2C)c(C)c1. The first-order valence-electron chi connectivity index (χ1n) is 14.4. The summed E-state index contributed by atoms with van der Waals surface area (Å²) >= 11 is 0. The van der Waals surface area contributed by atoms with E-state index in [1.807, 2.05) is 0 Å². The molecule has 2 N–H and O–H groups in total. The van der Waals surface area contributed by atoms with Crippen molar-refractivity contribution in [2.45, 2.75) is 55.4 Å². The van der Waals surface area contributed by atoms with Gasteiger partial charge in [0.15, 0.2) is 0 Å². The molecule has 0 bridgehead atoms. The number of nitrogens with one attached hydrogen (secondary N) is 2. The van der Waals surface area contributed by atoms with E-state index in [2.05, 4.69) is 157 Å². The number of anilines is 4. The van der Waals surface area contributed by atoms with Gasteiger partial charge >= 0.3 is 0 Å². The Bertz CT molecular complexity index is 1560. The van der Waals surface area contributed by atoms with Crippen LogP contribution in [-0.4, -0.2) is 0 Å². The zero-order chi connectivity index (χ0) is 29.3. The molecule has 5 rings (SSSR count). The summed E-state index contributed by atoms with van der Waals surface area (Å²) in [6, 6.07) is 33.8. The van der Waals surface area contributed by atoms with E-state index < -0.39 is 7.92 Å². The van der Waals surface area contributed by atoms with Gasteiger partial charge in [0.1, 0.15) is 0 Å². The van der Waals surface area contributed by atoms with Gasteiger partial charge in [-0.1, -0.05) is 89.0 Å². The predicted molar refractivity (Wildman–Crippen MR) is 182 cm³/mol. The van der Waals surface area contributed by atoms with Crippen LogP contribution in [0, 0.1) is 55.4 Å². The molecule has 0 spiro atoms. The zero-order valence-electron chi connectivity index (χ0n) is 25.6. The third-order valence-electron chi connectivity index (χ3n) is 7.68. The average Bonchev–Trinajstić information content (AvgIpc) is 2.91. The van der Waals surface area contributed by atoms with Crippen molar-refractivity contribution in [1.29, 1.82) is 0 Å². The maximum Gasteiger partial charge on any atom is 0.0469 e. The van der Waals surface area contributed by atoms with Gasteiger partial charge in [-0.05, 0) is 115 Å². The van der Waals surface area contributed by atoms with Crippen LogP contribution in [0.4, 0.5) is 22.7 Å². The molecular weight excluding hydrogens is 515 g/mol. The minimum atomic E-state index is -0.888. The molecule has 5 aromatic carbocycles. The first kappa shape index (κ1) is 28.7. The lowest BCUT2D eigenvalue weighted by molar-refractivity contribution is 1.31. The molecule has 0 atom stereocenters. The third-order valence-corrected chi connectivity index (χ3v) is 10.2. The number of hydrogen-bond acceptors (Lipinski definition) is 2. The molecule has 0 radical (unpaired) electrons. The molecule has 0 aromatic heterocycles. The number of hydrogen-bond donors (Lipinski definition) is 2. The molecule has 0 saturated heterocycles. The summed E-state index contributed by atoms with van der Waals surface area (Å²) in [5.74, 6) is 0. The van der Waals surface area contributed by atoms with Crippen molar-refractivity contribution >= 4 is 46.6 Å². The first-order chi connectivity index (χ1) is 19.6. The third kappa shape index (κ3) is 6.24. The van der Waals surface area contributed by atoms with E-state index in [9.17, 15) is 0 Å². The van der Waals surface area contributed by atoms with Crippen LogP contribution in [0.25, 0.3) is 0 Å². The van der Waals surface area contributed by atoms with Crippen molar-refractivity contribution in [2.24, 2.45) is 0 Å². The Labute approximate surface area is 247 Å². The summed E-state index contributed by atoms with van der Waals surface area (Å²) in [5.41, 5.74) is 14.9. The van der Waals surface area contributed by atoms with E-state index >= 15 is 0 Å². The van der Waals surface area contributed by atoms with Gasteiger partial charge in [0, 0.05) is 33.4 Å². The molecule has 0 saturated carbocycles. The number of rotatable bonds is 7. The minimum absolute atomic E-state index is 0.888. The minimum Gasteiger partial charge on any atom is -0.355 e. The molecule has 2 nitrogen and oxygen atoms in total. The summed E-state index contributed by atoms with van der Waals surface area (Å²) in [4.78, 5) is 0. The van der Waals surface area contributed by atoms with Crippen LogP contribution in [0.2, 0.25) is 0 Å².